The van der Waals surface area contributed by atoms with Crippen molar-refractivity contribution in [2.45, 2.75) is 168 Å². The Hall–Kier alpha value is -1.32. The number of carbonyl (C=O) groups excluding carboxylic acids is 1. The van der Waals surface area contributed by atoms with E-state index in [2.05, 4.69) is 19.1 Å². The highest BCUT2D eigenvalue weighted by molar-refractivity contribution is 5.79. The van der Waals surface area contributed by atoms with Gasteiger partial charge in [0.2, 0.25) is 0 Å². The van der Waals surface area contributed by atoms with Gasteiger partial charge in [0.15, 0.2) is 0 Å². The lowest BCUT2D eigenvalue weighted by atomic mass is 9.97. The van der Waals surface area contributed by atoms with Crippen molar-refractivity contribution in [1.29, 1.82) is 0 Å². The standard InChI is InChI=1S/C32H60O4/c1-3-5-6-7-8-9-10-11-12-13-14-15-16-17-18-19-20-21-22-23-24-25-26-27-30(29-31(33)34)32(35)36-28-4-2/h10-11,30H,3-9,12-29H2,1-2H3,(H,33,34)/b11-10+. The average Bonchev–Trinajstić information content (AvgIpc) is 2.86. The Bertz CT molecular complexity index is 514. The lowest BCUT2D eigenvalue weighted by molar-refractivity contribution is -0.153. The van der Waals surface area contributed by atoms with Gasteiger partial charge < -0.3 is 9.84 Å². The van der Waals surface area contributed by atoms with Gasteiger partial charge in [-0.15, -0.1) is 0 Å². The zero-order valence-corrected chi connectivity index (χ0v) is 24.1. The second-order valence-electron chi connectivity index (χ2n) is 10.7. The molecule has 0 fully saturated rings. The summed E-state index contributed by atoms with van der Waals surface area (Å²) >= 11 is 0. The second-order valence-corrected chi connectivity index (χ2v) is 10.7. The van der Waals surface area contributed by atoms with Gasteiger partial charge in [0.25, 0.3) is 0 Å². The molecule has 0 radical (unpaired) electrons. The Kier molecular flexibility index (Phi) is 27.2. The van der Waals surface area contributed by atoms with E-state index in [-0.39, 0.29) is 12.4 Å². The summed E-state index contributed by atoms with van der Waals surface area (Å²) in [7, 11) is 0. The van der Waals surface area contributed by atoms with Crippen LogP contribution in [0.15, 0.2) is 12.2 Å². The van der Waals surface area contributed by atoms with Gasteiger partial charge in [-0.25, -0.2) is 0 Å². The number of allylic oxidation sites excluding steroid dienone is 2. The normalized spacial score (nSPS) is 12.3. The summed E-state index contributed by atoms with van der Waals surface area (Å²) in [6, 6.07) is 0. The molecule has 0 aliphatic rings. The molecule has 4 nitrogen and oxygen atoms in total. The molecule has 1 N–H and O–H groups in total. The summed E-state index contributed by atoms with van der Waals surface area (Å²) in [6.07, 6.45) is 33.6. The van der Waals surface area contributed by atoms with Crippen LogP contribution in [0, 0.1) is 5.92 Å². The SMILES string of the molecule is CCCCCCC/C=C/CCCCCCCCCCCCCCCCC(CC(=O)O)C(=O)OCCC. The lowest BCUT2D eigenvalue weighted by Crippen LogP contribution is -2.21. The summed E-state index contributed by atoms with van der Waals surface area (Å²) in [5, 5.41) is 9.03. The number of ether oxygens (including phenoxy) is 1. The van der Waals surface area contributed by atoms with Gasteiger partial charge in [0.05, 0.1) is 18.9 Å². The fourth-order valence-corrected chi connectivity index (χ4v) is 4.71. The van der Waals surface area contributed by atoms with Gasteiger partial charge in [-0.3, -0.25) is 9.59 Å². The first-order valence-electron chi connectivity index (χ1n) is 15.6. The zero-order valence-electron chi connectivity index (χ0n) is 24.1. The molecule has 1 atom stereocenters. The maximum Gasteiger partial charge on any atom is 0.309 e. The van der Waals surface area contributed by atoms with Crippen molar-refractivity contribution in [3.8, 4) is 0 Å². The highest BCUT2D eigenvalue weighted by Gasteiger charge is 2.22. The molecule has 0 aromatic rings. The van der Waals surface area contributed by atoms with Crippen LogP contribution < -0.4 is 0 Å². The highest BCUT2D eigenvalue weighted by atomic mass is 16.5. The van der Waals surface area contributed by atoms with Gasteiger partial charge in [0.1, 0.15) is 0 Å². The Morgan fingerprint density at radius 1 is 0.611 bits per heavy atom. The van der Waals surface area contributed by atoms with Crippen molar-refractivity contribution in [3.05, 3.63) is 12.2 Å². The van der Waals surface area contributed by atoms with Crippen LogP contribution in [-0.2, 0) is 14.3 Å². The summed E-state index contributed by atoms with van der Waals surface area (Å²) in [4.78, 5) is 23.0. The average molecular weight is 509 g/mol. The molecule has 0 aromatic heterocycles. The number of esters is 1. The molecule has 0 bridgehead atoms. The molecule has 212 valence electrons. The number of rotatable bonds is 28. The minimum atomic E-state index is -0.917. The van der Waals surface area contributed by atoms with Crippen molar-refractivity contribution in [3.63, 3.8) is 0 Å². The molecule has 0 spiro atoms. The van der Waals surface area contributed by atoms with Crippen LogP contribution in [0.2, 0.25) is 0 Å². The van der Waals surface area contributed by atoms with Crippen molar-refractivity contribution in [1.82, 2.24) is 0 Å². The number of hydrogen-bond acceptors (Lipinski definition) is 3. The smallest absolute Gasteiger partial charge is 0.309 e. The van der Waals surface area contributed by atoms with Crippen molar-refractivity contribution in [2.75, 3.05) is 6.61 Å². The maximum atomic E-state index is 12.0. The summed E-state index contributed by atoms with van der Waals surface area (Å²) in [5.41, 5.74) is 0. The molecular formula is C32H60O4. The van der Waals surface area contributed by atoms with Crippen LogP contribution in [0.1, 0.15) is 168 Å². The van der Waals surface area contributed by atoms with Crippen LogP contribution in [0.25, 0.3) is 0 Å². The van der Waals surface area contributed by atoms with Crippen LogP contribution in [0.3, 0.4) is 0 Å². The topological polar surface area (TPSA) is 63.6 Å². The van der Waals surface area contributed by atoms with Gasteiger partial charge in [-0.2, -0.15) is 0 Å². The quantitative estimate of drug-likeness (QED) is 0.0648. The monoisotopic (exact) mass is 508 g/mol. The maximum absolute atomic E-state index is 12.0. The minimum absolute atomic E-state index is 0.112. The van der Waals surface area contributed by atoms with Crippen molar-refractivity contribution < 1.29 is 19.4 Å². The number of unbranched alkanes of at least 4 members (excludes halogenated alkanes) is 19. The first kappa shape index (κ1) is 34.7. The van der Waals surface area contributed by atoms with E-state index in [0.29, 0.717) is 13.0 Å². The lowest BCUT2D eigenvalue weighted by Gasteiger charge is -2.13. The first-order valence-corrected chi connectivity index (χ1v) is 15.6. The second kappa shape index (κ2) is 28.3. The number of aliphatic carboxylic acids is 1. The first-order chi connectivity index (χ1) is 17.6. The third-order valence-electron chi connectivity index (χ3n) is 7.02. The fourth-order valence-electron chi connectivity index (χ4n) is 4.71. The molecule has 0 heterocycles. The molecule has 4 heteroatoms. The summed E-state index contributed by atoms with van der Waals surface area (Å²) in [5.74, 6) is -1.74. The van der Waals surface area contributed by atoms with Gasteiger partial charge in [-0.05, 0) is 38.5 Å². The van der Waals surface area contributed by atoms with E-state index in [4.69, 9.17) is 9.84 Å². The Morgan fingerprint density at radius 3 is 1.44 bits per heavy atom. The highest BCUT2D eigenvalue weighted by Crippen LogP contribution is 2.18. The van der Waals surface area contributed by atoms with E-state index < -0.39 is 11.9 Å². The molecule has 1 unspecified atom stereocenters. The predicted molar refractivity (Wildman–Crippen MR) is 153 cm³/mol. The largest absolute Gasteiger partial charge is 0.481 e. The predicted octanol–water partition coefficient (Wildman–Crippen LogP) is 10.2. The molecule has 0 saturated heterocycles. The number of hydrogen-bond donors (Lipinski definition) is 1. The Balaban J connectivity index is 3.38. The van der Waals surface area contributed by atoms with Crippen LogP contribution >= 0.6 is 0 Å². The van der Waals surface area contributed by atoms with Crippen molar-refractivity contribution in [2.24, 2.45) is 5.92 Å². The van der Waals surface area contributed by atoms with Crippen LogP contribution in [0.5, 0.6) is 0 Å². The third kappa shape index (κ3) is 25.8. The van der Waals surface area contributed by atoms with E-state index in [1.165, 1.54) is 122 Å². The number of carbonyl (C=O) groups is 2. The van der Waals surface area contributed by atoms with Gasteiger partial charge in [-0.1, -0.05) is 135 Å². The summed E-state index contributed by atoms with van der Waals surface area (Å²) in [6.45, 7) is 4.60. The molecule has 0 saturated carbocycles. The number of carboxylic acids is 1. The van der Waals surface area contributed by atoms with E-state index in [0.717, 1.165) is 19.3 Å². The van der Waals surface area contributed by atoms with Gasteiger partial charge in [0, 0.05) is 0 Å². The Labute approximate surface area is 224 Å². The minimum Gasteiger partial charge on any atom is -0.481 e. The molecule has 0 aliphatic heterocycles. The molecular weight excluding hydrogens is 448 g/mol. The van der Waals surface area contributed by atoms with Crippen LogP contribution in [0.4, 0.5) is 0 Å². The van der Waals surface area contributed by atoms with E-state index in [1.807, 2.05) is 6.92 Å². The van der Waals surface area contributed by atoms with E-state index in [9.17, 15) is 9.59 Å². The summed E-state index contributed by atoms with van der Waals surface area (Å²) < 4.78 is 5.15. The fraction of sp³-hybridized carbons (Fsp3) is 0.875. The molecule has 0 amide bonds. The van der Waals surface area contributed by atoms with Crippen molar-refractivity contribution >= 4 is 11.9 Å². The van der Waals surface area contributed by atoms with Crippen LogP contribution in [-0.4, -0.2) is 23.7 Å². The number of carboxylic acid groups (broad SMARTS) is 1. The molecule has 36 heavy (non-hydrogen) atoms. The van der Waals surface area contributed by atoms with E-state index >= 15 is 0 Å². The van der Waals surface area contributed by atoms with E-state index in [1.54, 1.807) is 0 Å². The third-order valence-corrected chi connectivity index (χ3v) is 7.02. The molecule has 0 aromatic carbocycles. The molecule has 0 rings (SSSR count). The Morgan fingerprint density at radius 2 is 1.03 bits per heavy atom. The van der Waals surface area contributed by atoms with Gasteiger partial charge >= 0.3 is 11.9 Å². The molecule has 0 aliphatic carbocycles. The zero-order chi connectivity index (χ0) is 26.5.